The Hall–Kier alpha value is -0.380. The van der Waals surface area contributed by atoms with Crippen molar-refractivity contribution in [3.8, 4) is 0 Å². The number of likely N-dealkylation sites (N-methyl/N-ethyl adjacent to an activating group) is 1. The van der Waals surface area contributed by atoms with Crippen LogP contribution in [0.4, 0.5) is 0 Å². The van der Waals surface area contributed by atoms with Crippen LogP contribution in [-0.2, 0) is 0 Å². The van der Waals surface area contributed by atoms with E-state index in [-0.39, 0.29) is 0 Å². The molecule has 2 aliphatic heterocycles. The Morgan fingerprint density at radius 2 is 1.67 bits per heavy atom. The van der Waals surface area contributed by atoms with Crippen molar-refractivity contribution < 1.29 is 0 Å². The lowest BCUT2D eigenvalue weighted by Crippen LogP contribution is -2.52. The Balaban J connectivity index is 1.23. The SMILES string of the molecule is CN1CCN(C2CCN(C[C@H]3C[C@@H]4C=C[C@@H]3C4)CC2)CC1. The van der Waals surface area contributed by atoms with Crippen molar-refractivity contribution in [2.75, 3.05) is 52.9 Å². The molecule has 3 heteroatoms. The molecule has 2 heterocycles. The van der Waals surface area contributed by atoms with Gasteiger partial charge < -0.3 is 9.80 Å². The summed E-state index contributed by atoms with van der Waals surface area (Å²) in [5.74, 6) is 2.83. The van der Waals surface area contributed by atoms with E-state index in [1.165, 1.54) is 71.5 Å². The minimum Gasteiger partial charge on any atom is -0.304 e. The quantitative estimate of drug-likeness (QED) is 0.735. The molecule has 4 aliphatic rings. The topological polar surface area (TPSA) is 9.72 Å². The normalized spacial score (nSPS) is 39.4. The van der Waals surface area contributed by atoms with Gasteiger partial charge in [0.1, 0.15) is 0 Å². The molecule has 3 atom stereocenters. The van der Waals surface area contributed by atoms with Crippen LogP contribution in [0.2, 0.25) is 0 Å². The van der Waals surface area contributed by atoms with Gasteiger partial charge in [-0.25, -0.2) is 0 Å². The molecule has 21 heavy (non-hydrogen) atoms. The van der Waals surface area contributed by atoms with E-state index < -0.39 is 0 Å². The molecule has 3 nitrogen and oxygen atoms in total. The van der Waals surface area contributed by atoms with Gasteiger partial charge in [-0.15, -0.1) is 0 Å². The second-order valence-electron chi connectivity index (χ2n) is 7.91. The lowest BCUT2D eigenvalue weighted by molar-refractivity contribution is 0.0619. The Labute approximate surface area is 130 Å². The van der Waals surface area contributed by atoms with Gasteiger partial charge in [0, 0.05) is 38.8 Å². The Kier molecular flexibility index (Phi) is 4.08. The van der Waals surface area contributed by atoms with Gasteiger partial charge in [-0.1, -0.05) is 12.2 Å². The molecule has 118 valence electrons. The van der Waals surface area contributed by atoms with Crippen LogP contribution in [0.15, 0.2) is 12.2 Å². The van der Waals surface area contributed by atoms with Crippen LogP contribution in [0.1, 0.15) is 25.7 Å². The van der Waals surface area contributed by atoms with Gasteiger partial charge in [0.25, 0.3) is 0 Å². The number of hydrogen-bond acceptors (Lipinski definition) is 3. The van der Waals surface area contributed by atoms with Crippen LogP contribution in [0.5, 0.6) is 0 Å². The fraction of sp³-hybridized carbons (Fsp3) is 0.889. The highest BCUT2D eigenvalue weighted by Gasteiger charge is 2.37. The molecular weight excluding hydrogens is 258 g/mol. The van der Waals surface area contributed by atoms with Crippen molar-refractivity contribution in [2.45, 2.75) is 31.7 Å². The minimum absolute atomic E-state index is 0.870. The molecule has 0 aromatic carbocycles. The number of fused-ring (bicyclic) bond motifs is 2. The summed E-state index contributed by atoms with van der Waals surface area (Å²) < 4.78 is 0. The van der Waals surface area contributed by atoms with Crippen LogP contribution in [0.25, 0.3) is 0 Å². The second kappa shape index (κ2) is 6.02. The van der Waals surface area contributed by atoms with Crippen molar-refractivity contribution >= 4 is 0 Å². The first kappa shape index (κ1) is 14.2. The van der Waals surface area contributed by atoms with Crippen LogP contribution in [0, 0.1) is 17.8 Å². The number of rotatable bonds is 3. The molecule has 0 unspecified atom stereocenters. The summed E-state index contributed by atoms with van der Waals surface area (Å²) in [6, 6.07) is 0.870. The van der Waals surface area contributed by atoms with E-state index in [4.69, 9.17) is 0 Å². The van der Waals surface area contributed by atoms with E-state index in [9.17, 15) is 0 Å². The van der Waals surface area contributed by atoms with Crippen LogP contribution >= 0.6 is 0 Å². The van der Waals surface area contributed by atoms with Crippen molar-refractivity contribution in [3.05, 3.63) is 12.2 Å². The van der Waals surface area contributed by atoms with Crippen LogP contribution < -0.4 is 0 Å². The molecule has 0 spiro atoms. The molecule has 4 rings (SSSR count). The standard InChI is InChI=1S/C18H31N3/c1-19-8-10-21(11-9-19)18-4-6-20(7-5-18)14-17-13-15-2-3-16(17)12-15/h2-3,15-18H,4-14H2,1H3/t15-,16-,17-/m1/s1. The van der Waals surface area contributed by atoms with Crippen LogP contribution in [-0.4, -0.2) is 73.6 Å². The fourth-order valence-electron chi connectivity index (χ4n) is 5.09. The van der Waals surface area contributed by atoms with Gasteiger partial charge in [0.15, 0.2) is 0 Å². The van der Waals surface area contributed by atoms with Gasteiger partial charge in [-0.05, 0) is 63.6 Å². The summed E-state index contributed by atoms with van der Waals surface area (Å²) in [7, 11) is 2.25. The number of piperidine rings is 1. The monoisotopic (exact) mass is 289 g/mol. The number of piperazine rings is 1. The Morgan fingerprint density at radius 3 is 2.29 bits per heavy atom. The first-order chi connectivity index (χ1) is 10.3. The summed E-state index contributed by atoms with van der Waals surface area (Å²) in [6.07, 6.45) is 10.7. The third-order valence-electron chi connectivity index (χ3n) is 6.52. The summed E-state index contributed by atoms with van der Waals surface area (Å²) in [4.78, 5) is 8.00. The van der Waals surface area contributed by atoms with E-state index in [1.54, 1.807) is 0 Å². The highest BCUT2D eigenvalue weighted by atomic mass is 15.3. The maximum atomic E-state index is 2.77. The lowest BCUT2D eigenvalue weighted by Gasteiger charge is -2.42. The van der Waals surface area contributed by atoms with E-state index in [0.29, 0.717) is 0 Å². The summed E-state index contributed by atoms with van der Waals surface area (Å²) in [6.45, 7) is 9.16. The highest BCUT2D eigenvalue weighted by molar-refractivity contribution is 5.10. The molecule has 0 N–H and O–H groups in total. The van der Waals surface area contributed by atoms with E-state index in [2.05, 4.69) is 33.9 Å². The third-order valence-corrected chi connectivity index (χ3v) is 6.52. The number of allylic oxidation sites excluding steroid dienone is 2. The van der Waals surface area contributed by atoms with E-state index in [1.807, 2.05) is 0 Å². The predicted molar refractivity (Wildman–Crippen MR) is 87.4 cm³/mol. The van der Waals surface area contributed by atoms with E-state index in [0.717, 1.165) is 23.8 Å². The molecule has 0 radical (unpaired) electrons. The lowest BCUT2D eigenvalue weighted by atomic mass is 9.92. The molecule has 2 aliphatic carbocycles. The average Bonchev–Trinajstić information content (AvgIpc) is 3.12. The molecule has 1 saturated carbocycles. The predicted octanol–water partition coefficient (Wildman–Crippen LogP) is 1.91. The number of hydrogen-bond donors (Lipinski definition) is 0. The molecular formula is C18H31N3. The largest absolute Gasteiger partial charge is 0.304 e. The van der Waals surface area contributed by atoms with Crippen molar-refractivity contribution in [1.82, 2.24) is 14.7 Å². The van der Waals surface area contributed by atoms with Gasteiger partial charge in [-0.2, -0.15) is 0 Å². The molecule has 0 aromatic heterocycles. The smallest absolute Gasteiger partial charge is 0.0121 e. The Bertz CT molecular complexity index is 378. The third kappa shape index (κ3) is 3.06. The first-order valence-electron chi connectivity index (χ1n) is 9.11. The summed E-state index contributed by atoms with van der Waals surface area (Å²) in [5.41, 5.74) is 0. The molecule has 2 saturated heterocycles. The van der Waals surface area contributed by atoms with Gasteiger partial charge in [0.05, 0.1) is 0 Å². The highest BCUT2D eigenvalue weighted by Crippen LogP contribution is 2.43. The number of nitrogens with zero attached hydrogens (tertiary/aromatic N) is 3. The van der Waals surface area contributed by atoms with Gasteiger partial charge in [0.2, 0.25) is 0 Å². The zero-order valence-electron chi connectivity index (χ0n) is 13.6. The first-order valence-corrected chi connectivity index (χ1v) is 9.11. The zero-order chi connectivity index (χ0) is 14.2. The van der Waals surface area contributed by atoms with Crippen LogP contribution in [0.3, 0.4) is 0 Å². The molecule has 2 bridgehead atoms. The van der Waals surface area contributed by atoms with Crippen molar-refractivity contribution in [1.29, 1.82) is 0 Å². The maximum absolute atomic E-state index is 2.77. The number of likely N-dealkylation sites (tertiary alicyclic amines) is 1. The molecule has 0 amide bonds. The zero-order valence-corrected chi connectivity index (χ0v) is 13.6. The van der Waals surface area contributed by atoms with Gasteiger partial charge >= 0.3 is 0 Å². The van der Waals surface area contributed by atoms with Crippen molar-refractivity contribution in [3.63, 3.8) is 0 Å². The van der Waals surface area contributed by atoms with E-state index >= 15 is 0 Å². The minimum atomic E-state index is 0.870. The summed E-state index contributed by atoms with van der Waals surface area (Å²) in [5, 5.41) is 0. The maximum Gasteiger partial charge on any atom is 0.0121 e. The second-order valence-corrected chi connectivity index (χ2v) is 7.91. The summed E-state index contributed by atoms with van der Waals surface area (Å²) >= 11 is 0. The molecule has 0 aromatic rings. The Morgan fingerprint density at radius 1 is 0.905 bits per heavy atom. The van der Waals surface area contributed by atoms with Crippen molar-refractivity contribution in [2.24, 2.45) is 17.8 Å². The molecule has 3 fully saturated rings. The fourth-order valence-corrected chi connectivity index (χ4v) is 5.09. The average molecular weight is 289 g/mol. The van der Waals surface area contributed by atoms with Gasteiger partial charge in [-0.3, -0.25) is 4.90 Å².